The minimum atomic E-state index is 0.105. The molecule has 0 bridgehead atoms. The molecule has 1 aromatic heterocycles. The second-order valence-electron chi connectivity index (χ2n) is 5.01. The molecule has 0 aliphatic rings. The first kappa shape index (κ1) is 12.5. The Morgan fingerprint density at radius 2 is 1.90 bits per heavy atom. The number of Topliss-reactive ketones (excluding diaryl/α,β-unsaturated/α-hetero) is 1. The minimum absolute atomic E-state index is 0.105. The van der Waals surface area contributed by atoms with Gasteiger partial charge in [-0.15, -0.1) is 0 Å². The molecule has 0 aliphatic carbocycles. The summed E-state index contributed by atoms with van der Waals surface area (Å²) in [5.74, 6) is 0.105. The Hall–Kier alpha value is -2.48. The summed E-state index contributed by atoms with van der Waals surface area (Å²) >= 11 is 0. The summed E-state index contributed by atoms with van der Waals surface area (Å²) in [6, 6.07) is 17.8. The summed E-state index contributed by atoms with van der Waals surface area (Å²) in [5, 5.41) is 1.00. The van der Waals surface area contributed by atoms with E-state index in [0.717, 1.165) is 16.5 Å². The Morgan fingerprint density at radius 1 is 1.05 bits per heavy atom. The number of ketones is 1. The summed E-state index contributed by atoms with van der Waals surface area (Å²) in [4.78, 5) is 16.7. The van der Waals surface area contributed by atoms with E-state index in [1.165, 1.54) is 5.56 Å². The number of fused-ring (bicyclic) bond motifs is 1. The van der Waals surface area contributed by atoms with Gasteiger partial charge >= 0.3 is 0 Å². The number of carbonyl (C=O) groups is 1. The number of para-hydroxylation sites is 1. The fraction of sp³-hybridized carbons (Fsp3) is 0.111. The Morgan fingerprint density at radius 3 is 2.75 bits per heavy atom. The quantitative estimate of drug-likeness (QED) is 0.668. The lowest BCUT2D eigenvalue weighted by molar-refractivity contribution is 0.0993. The highest BCUT2D eigenvalue weighted by Gasteiger charge is 2.08. The SMILES string of the molecule is Cc1cccc(CC(=O)c2cnc3ccccc3c2)c1. The van der Waals surface area contributed by atoms with Gasteiger partial charge in [0.05, 0.1) is 5.52 Å². The lowest BCUT2D eigenvalue weighted by Crippen LogP contribution is -2.04. The second kappa shape index (κ2) is 5.25. The summed E-state index contributed by atoms with van der Waals surface area (Å²) in [6.45, 7) is 2.03. The van der Waals surface area contributed by atoms with Crippen LogP contribution in [0.5, 0.6) is 0 Å². The van der Waals surface area contributed by atoms with E-state index in [-0.39, 0.29) is 5.78 Å². The summed E-state index contributed by atoms with van der Waals surface area (Å²) in [5.41, 5.74) is 3.81. The Balaban J connectivity index is 1.88. The fourth-order valence-corrected chi connectivity index (χ4v) is 2.33. The normalized spacial score (nSPS) is 10.7. The zero-order valence-electron chi connectivity index (χ0n) is 11.3. The number of nitrogens with zero attached hydrogens (tertiary/aromatic N) is 1. The molecule has 98 valence electrons. The van der Waals surface area contributed by atoms with Crippen molar-refractivity contribution in [3.63, 3.8) is 0 Å². The van der Waals surface area contributed by atoms with Crippen molar-refractivity contribution in [2.75, 3.05) is 0 Å². The average molecular weight is 261 g/mol. The van der Waals surface area contributed by atoms with Crippen molar-refractivity contribution in [2.45, 2.75) is 13.3 Å². The van der Waals surface area contributed by atoms with E-state index in [1.807, 2.05) is 61.5 Å². The topological polar surface area (TPSA) is 30.0 Å². The van der Waals surface area contributed by atoms with E-state index in [0.29, 0.717) is 12.0 Å². The molecule has 0 fully saturated rings. The number of aromatic nitrogens is 1. The van der Waals surface area contributed by atoms with Crippen LogP contribution in [-0.2, 0) is 6.42 Å². The smallest absolute Gasteiger partial charge is 0.168 e. The molecule has 0 atom stereocenters. The number of carbonyl (C=O) groups excluding carboxylic acids is 1. The van der Waals surface area contributed by atoms with Crippen molar-refractivity contribution < 1.29 is 4.79 Å². The highest BCUT2D eigenvalue weighted by atomic mass is 16.1. The first-order chi connectivity index (χ1) is 9.72. The van der Waals surface area contributed by atoms with Gasteiger partial charge in [0.1, 0.15) is 0 Å². The van der Waals surface area contributed by atoms with Gasteiger partial charge in [0.15, 0.2) is 5.78 Å². The molecule has 2 heteroatoms. The van der Waals surface area contributed by atoms with Crippen molar-refractivity contribution >= 4 is 16.7 Å². The third-order valence-electron chi connectivity index (χ3n) is 3.36. The van der Waals surface area contributed by atoms with Crippen LogP contribution in [0.4, 0.5) is 0 Å². The van der Waals surface area contributed by atoms with Gasteiger partial charge in [-0.3, -0.25) is 9.78 Å². The molecule has 0 N–H and O–H groups in total. The van der Waals surface area contributed by atoms with Gasteiger partial charge in [0.2, 0.25) is 0 Å². The van der Waals surface area contributed by atoms with E-state index in [4.69, 9.17) is 0 Å². The van der Waals surface area contributed by atoms with Crippen LogP contribution in [0.15, 0.2) is 60.8 Å². The molecule has 0 spiro atoms. The fourth-order valence-electron chi connectivity index (χ4n) is 2.33. The molecule has 0 aliphatic heterocycles. The molecule has 2 nitrogen and oxygen atoms in total. The Labute approximate surface area is 118 Å². The number of pyridine rings is 1. The Kier molecular flexibility index (Phi) is 3.30. The van der Waals surface area contributed by atoms with Gasteiger partial charge in [0.25, 0.3) is 0 Å². The predicted octanol–water partition coefficient (Wildman–Crippen LogP) is 3.97. The van der Waals surface area contributed by atoms with Crippen LogP contribution >= 0.6 is 0 Å². The standard InChI is InChI=1S/C18H15NO/c1-13-5-4-6-14(9-13)10-18(20)16-11-15-7-2-3-8-17(15)19-12-16/h2-9,11-12H,10H2,1H3. The molecule has 0 unspecified atom stereocenters. The second-order valence-corrected chi connectivity index (χ2v) is 5.01. The number of benzene rings is 2. The molecule has 2 aromatic carbocycles. The van der Waals surface area contributed by atoms with E-state index in [1.54, 1.807) is 6.20 Å². The molecule has 0 radical (unpaired) electrons. The van der Waals surface area contributed by atoms with Crippen molar-refractivity contribution in [1.29, 1.82) is 0 Å². The molecule has 3 rings (SSSR count). The molecule has 1 heterocycles. The third kappa shape index (κ3) is 2.59. The first-order valence-electron chi connectivity index (χ1n) is 6.66. The third-order valence-corrected chi connectivity index (χ3v) is 3.36. The maximum absolute atomic E-state index is 12.3. The highest BCUT2D eigenvalue weighted by molar-refractivity contribution is 5.99. The van der Waals surface area contributed by atoms with E-state index < -0.39 is 0 Å². The monoisotopic (exact) mass is 261 g/mol. The van der Waals surface area contributed by atoms with Crippen LogP contribution in [0.3, 0.4) is 0 Å². The van der Waals surface area contributed by atoms with Crippen LogP contribution in [0, 0.1) is 6.92 Å². The van der Waals surface area contributed by atoms with Gasteiger partial charge in [-0.25, -0.2) is 0 Å². The maximum atomic E-state index is 12.3. The van der Waals surface area contributed by atoms with Gasteiger partial charge in [-0.1, -0.05) is 48.0 Å². The summed E-state index contributed by atoms with van der Waals surface area (Å²) in [6.07, 6.45) is 2.09. The van der Waals surface area contributed by atoms with Crippen LogP contribution < -0.4 is 0 Å². The van der Waals surface area contributed by atoms with Crippen LogP contribution in [-0.4, -0.2) is 10.8 Å². The molecule has 0 saturated heterocycles. The predicted molar refractivity (Wildman–Crippen MR) is 81.0 cm³/mol. The molecule has 0 saturated carbocycles. The highest BCUT2D eigenvalue weighted by Crippen LogP contribution is 2.15. The van der Waals surface area contributed by atoms with Gasteiger partial charge < -0.3 is 0 Å². The van der Waals surface area contributed by atoms with Crippen molar-refractivity contribution in [1.82, 2.24) is 4.98 Å². The average Bonchev–Trinajstić information content (AvgIpc) is 2.47. The Bertz CT molecular complexity index is 777. The largest absolute Gasteiger partial charge is 0.294 e. The zero-order chi connectivity index (χ0) is 13.9. The number of aryl methyl sites for hydroxylation is 1. The van der Waals surface area contributed by atoms with Crippen LogP contribution in [0.2, 0.25) is 0 Å². The van der Waals surface area contributed by atoms with Crippen molar-refractivity contribution in [3.05, 3.63) is 77.5 Å². The molecule has 3 aromatic rings. The van der Waals surface area contributed by atoms with Crippen molar-refractivity contribution in [2.24, 2.45) is 0 Å². The summed E-state index contributed by atoms with van der Waals surface area (Å²) < 4.78 is 0. The zero-order valence-corrected chi connectivity index (χ0v) is 11.3. The van der Waals surface area contributed by atoms with Crippen LogP contribution in [0.1, 0.15) is 21.5 Å². The van der Waals surface area contributed by atoms with Crippen molar-refractivity contribution in [3.8, 4) is 0 Å². The van der Waals surface area contributed by atoms with Crippen LogP contribution in [0.25, 0.3) is 10.9 Å². The van der Waals surface area contributed by atoms with Gasteiger partial charge in [-0.05, 0) is 24.6 Å². The number of rotatable bonds is 3. The lowest BCUT2D eigenvalue weighted by Gasteiger charge is -2.04. The van der Waals surface area contributed by atoms with E-state index in [2.05, 4.69) is 4.98 Å². The van der Waals surface area contributed by atoms with E-state index >= 15 is 0 Å². The summed E-state index contributed by atoms with van der Waals surface area (Å²) in [7, 11) is 0. The number of hydrogen-bond acceptors (Lipinski definition) is 2. The van der Waals surface area contributed by atoms with E-state index in [9.17, 15) is 4.79 Å². The molecule has 20 heavy (non-hydrogen) atoms. The first-order valence-corrected chi connectivity index (χ1v) is 6.66. The maximum Gasteiger partial charge on any atom is 0.168 e. The minimum Gasteiger partial charge on any atom is -0.294 e. The molecular formula is C18H15NO. The number of hydrogen-bond donors (Lipinski definition) is 0. The lowest BCUT2D eigenvalue weighted by atomic mass is 10.0. The molecular weight excluding hydrogens is 246 g/mol. The van der Waals surface area contributed by atoms with Gasteiger partial charge in [-0.2, -0.15) is 0 Å². The van der Waals surface area contributed by atoms with Gasteiger partial charge in [0, 0.05) is 23.6 Å². The molecule has 0 amide bonds.